The number of aromatic nitrogens is 3. The van der Waals surface area contributed by atoms with Crippen molar-refractivity contribution in [1.29, 1.82) is 5.26 Å². The minimum Gasteiger partial charge on any atom is -0.382 e. The van der Waals surface area contributed by atoms with Crippen molar-refractivity contribution in [2.75, 3.05) is 44.7 Å². The van der Waals surface area contributed by atoms with Crippen LogP contribution in [0, 0.1) is 18.3 Å². The van der Waals surface area contributed by atoms with Crippen molar-refractivity contribution >= 4 is 28.2 Å². The standard InChI is InChI=1S/C21H29N7O2S/c1-3-30-11-5-8-23-20(29)17-14-31-21(25-17)27-18-12-15(2)24-19(26-18)16-6-4-9-28(13-16)10-7-22/h12,14,16H,3-6,8-11,13H2,1-2H3,(H,23,29)(H,24,25,26,27). The van der Waals surface area contributed by atoms with E-state index in [2.05, 4.69) is 31.6 Å². The number of carbonyl (C=O) groups is 1. The summed E-state index contributed by atoms with van der Waals surface area (Å²) in [5.74, 6) is 1.46. The van der Waals surface area contributed by atoms with Crippen molar-refractivity contribution in [3.8, 4) is 6.07 Å². The highest BCUT2D eigenvalue weighted by molar-refractivity contribution is 7.14. The zero-order chi connectivity index (χ0) is 22.1. The Kier molecular flexibility index (Phi) is 8.70. The summed E-state index contributed by atoms with van der Waals surface area (Å²) in [6.07, 6.45) is 2.81. The fourth-order valence-electron chi connectivity index (χ4n) is 3.50. The van der Waals surface area contributed by atoms with Gasteiger partial charge in [0.25, 0.3) is 5.91 Å². The smallest absolute Gasteiger partial charge is 0.270 e. The maximum atomic E-state index is 12.3. The SMILES string of the molecule is CCOCCCNC(=O)c1csc(Nc2cc(C)nc(C3CCCN(CC#N)C3)n2)n1. The molecule has 1 aliphatic rings. The second-order valence-corrected chi connectivity index (χ2v) is 8.31. The predicted molar refractivity (Wildman–Crippen MR) is 120 cm³/mol. The molecule has 0 aromatic carbocycles. The Bertz CT molecular complexity index is 911. The van der Waals surface area contributed by atoms with E-state index in [1.54, 1.807) is 5.38 Å². The van der Waals surface area contributed by atoms with E-state index in [4.69, 9.17) is 15.0 Å². The van der Waals surface area contributed by atoms with Crippen molar-refractivity contribution in [2.24, 2.45) is 0 Å². The first-order valence-electron chi connectivity index (χ1n) is 10.6. The van der Waals surface area contributed by atoms with Gasteiger partial charge in [-0.05, 0) is 39.7 Å². The van der Waals surface area contributed by atoms with E-state index in [1.807, 2.05) is 19.9 Å². The lowest BCUT2D eigenvalue weighted by atomic mass is 9.97. The van der Waals surface area contributed by atoms with Crippen LogP contribution in [-0.4, -0.2) is 65.2 Å². The maximum Gasteiger partial charge on any atom is 0.270 e. The van der Waals surface area contributed by atoms with Crippen LogP contribution in [0.3, 0.4) is 0 Å². The van der Waals surface area contributed by atoms with Crippen LogP contribution in [0.2, 0.25) is 0 Å². The molecule has 2 aromatic heterocycles. The highest BCUT2D eigenvalue weighted by Crippen LogP contribution is 2.27. The number of ether oxygens (including phenoxy) is 1. The molecule has 3 heterocycles. The third-order valence-electron chi connectivity index (χ3n) is 4.96. The Labute approximate surface area is 186 Å². The molecule has 1 saturated heterocycles. The fraction of sp³-hybridized carbons (Fsp3) is 0.571. The van der Waals surface area contributed by atoms with Crippen molar-refractivity contribution in [1.82, 2.24) is 25.2 Å². The summed E-state index contributed by atoms with van der Waals surface area (Å²) in [5.41, 5.74) is 1.25. The molecular formula is C21H29N7O2S. The lowest BCUT2D eigenvalue weighted by molar-refractivity contribution is 0.0940. The lowest BCUT2D eigenvalue weighted by Gasteiger charge is -2.30. The summed E-state index contributed by atoms with van der Waals surface area (Å²) in [7, 11) is 0. The van der Waals surface area contributed by atoms with Crippen LogP contribution in [0.1, 0.15) is 54.1 Å². The van der Waals surface area contributed by atoms with Gasteiger partial charge in [-0.1, -0.05) is 0 Å². The number of aryl methyl sites for hydroxylation is 1. The number of hydrogen-bond donors (Lipinski definition) is 2. The van der Waals surface area contributed by atoms with Gasteiger partial charge in [0.2, 0.25) is 0 Å². The summed E-state index contributed by atoms with van der Waals surface area (Å²) in [4.78, 5) is 28.1. The van der Waals surface area contributed by atoms with Gasteiger partial charge < -0.3 is 15.4 Å². The molecule has 9 nitrogen and oxygen atoms in total. The summed E-state index contributed by atoms with van der Waals surface area (Å²) < 4.78 is 5.27. The first-order chi connectivity index (χ1) is 15.1. The average Bonchev–Trinajstić information content (AvgIpc) is 3.22. The highest BCUT2D eigenvalue weighted by atomic mass is 32.1. The first-order valence-corrected chi connectivity index (χ1v) is 11.5. The summed E-state index contributed by atoms with van der Waals surface area (Å²) >= 11 is 1.36. The molecule has 0 aliphatic carbocycles. The van der Waals surface area contributed by atoms with Gasteiger partial charge in [0.1, 0.15) is 17.3 Å². The molecule has 1 fully saturated rings. The Morgan fingerprint density at radius 2 is 2.29 bits per heavy atom. The minimum atomic E-state index is -0.194. The Morgan fingerprint density at radius 1 is 1.42 bits per heavy atom. The second-order valence-electron chi connectivity index (χ2n) is 7.45. The van der Waals surface area contributed by atoms with Gasteiger partial charge in [-0.25, -0.2) is 15.0 Å². The zero-order valence-electron chi connectivity index (χ0n) is 18.1. The van der Waals surface area contributed by atoms with E-state index in [1.165, 1.54) is 11.3 Å². The molecule has 0 saturated carbocycles. The summed E-state index contributed by atoms with van der Waals surface area (Å²) in [6, 6.07) is 4.09. The minimum absolute atomic E-state index is 0.194. The number of nitriles is 1. The predicted octanol–water partition coefficient (Wildman–Crippen LogP) is 2.84. The van der Waals surface area contributed by atoms with Crippen LogP contribution >= 0.6 is 11.3 Å². The first kappa shape index (κ1) is 23.1. The number of amides is 1. The largest absolute Gasteiger partial charge is 0.382 e. The van der Waals surface area contributed by atoms with Gasteiger partial charge in [-0.3, -0.25) is 9.69 Å². The molecule has 3 rings (SSSR count). The topological polar surface area (TPSA) is 116 Å². The van der Waals surface area contributed by atoms with Crippen LogP contribution in [0.4, 0.5) is 10.9 Å². The number of rotatable bonds is 10. The van der Waals surface area contributed by atoms with Gasteiger partial charge >= 0.3 is 0 Å². The number of nitrogens with one attached hydrogen (secondary N) is 2. The number of carbonyl (C=O) groups excluding carboxylic acids is 1. The Balaban J connectivity index is 1.60. The highest BCUT2D eigenvalue weighted by Gasteiger charge is 2.24. The molecule has 1 amide bonds. The van der Waals surface area contributed by atoms with Gasteiger partial charge in [-0.15, -0.1) is 11.3 Å². The molecule has 1 atom stereocenters. The number of thiazole rings is 1. The van der Waals surface area contributed by atoms with E-state index in [0.29, 0.717) is 42.9 Å². The second kappa shape index (κ2) is 11.7. The van der Waals surface area contributed by atoms with Crippen LogP contribution < -0.4 is 10.6 Å². The molecule has 1 unspecified atom stereocenters. The fourth-order valence-corrected chi connectivity index (χ4v) is 4.20. The number of nitrogens with zero attached hydrogens (tertiary/aromatic N) is 5. The molecule has 0 spiro atoms. The lowest BCUT2D eigenvalue weighted by Crippen LogP contribution is -2.35. The molecular weight excluding hydrogens is 414 g/mol. The monoisotopic (exact) mass is 443 g/mol. The van der Waals surface area contributed by atoms with Gasteiger partial charge in [-0.2, -0.15) is 5.26 Å². The number of piperidine rings is 1. The molecule has 166 valence electrons. The molecule has 2 N–H and O–H groups in total. The van der Waals surface area contributed by atoms with E-state index < -0.39 is 0 Å². The van der Waals surface area contributed by atoms with Crippen molar-refractivity contribution in [3.63, 3.8) is 0 Å². The third kappa shape index (κ3) is 6.95. The van der Waals surface area contributed by atoms with Gasteiger partial charge in [0.15, 0.2) is 5.13 Å². The van der Waals surface area contributed by atoms with E-state index in [0.717, 1.165) is 43.9 Å². The average molecular weight is 444 g/mol. The molecule has 0 radical (unpaired) electrons. The third-order valence-corrected chi connectivity index (χ3v) is 5.72. The van der Waals surface area contributed by atoms with Crippen molar-refractivity contribution in [3.05, 3.63) is 28.7 Å². The van der Waals surface area contributed by atoms with Gasteiger partial charge in [0.05, 0.1) is 12.6 Å². The molecule has 10 heteroatoms. The van der Waals surface area contributed by atoms with E-state index >= 15 is 0 Å². The van der Waals surface area contributed by atoms with Crippen LogP contribution in [0.5, 0.6) is 0 Å². The normalized spacial score (nSPS) is 16.6. The van der Waals surface area contributed by atoms with E-state index in [-0.39, 0.29) is 11.8 Å². The molecule has 2 aromatic rings. The van der Waals surface area contributed by atoms with Crippen molar-refractivity contribution < 1.29 is 9.53 Å². The quantitative estimate of drug-likeness (QED) is 0.425. The summed E-state index contributed by atoms with van der Waals surface area (Å²) in [5, 5.41) is 17.4. The maximum absolute atomic E-state index is 12.3. The number of anilines is 2. The molecule has 31 heavy (non-hydrogen) atoms. The molecule has 1 aliphatic heterocycles. The van der Waals surface area contributed by atoms with Crippen molar-refractivity contribution in [2.45, 2.75) is 39.0 Å². The summed E-state index contributed by atoms with van der Waals surface area (Å²) in [6.45, 7) is 7.92. The van der Waals surface area contributed by atoms with Crippen LogP contribution in [0.15, 0.2) is 11.4 Å². The van der Waals surface area contributed by atoms with Gasteiger partial charge in [0, 0.05) is 49.4 Å². The Morgan fingerprint density at radius 3 is 3.10 bits per heavy atom. The van der Waals surface area contributed by atoms with E-state index in [9.17, 15) is 4.79 Å². The Hall–Kier alpha value is -2.61. The van der Waals surface area contributed by atoms with Crippen LogP contribution in [0.25, 0.3) is 0 Å². The van der Waals surface area contributed by atoms with Crippen LogP contribution in [-0.2, 0) is 4.74 Å². The number of likely N-dealkylation sites (tertiary alicyclic amines) is 1. The molecule has 0 bridgehead atoms. The zero-order valence-corrected chi connectivity index (χ0v) is 18.9. The number of hydrogen-bond acceptors (Lipinski definition) is 9.